The molecule has 0 saturated carbocycles. The van der Waals surface area contributed by atoms with Crippen LogP contribution in [0.5, 0.6) is 5.75 Å². The highest BCUT2D eigenvalue weighted by Crippen LogP contribution is 2.29. The number of phenols is 1. The van der Waals surface area contributed by atoms with E-state index in [0.717, 1.165) is 0 Å². The molecular formula is C11H7ClO3. The van der Waals surface area contributed by atoms with Crippen LogP contribution in [0.2, 0.25) is 5.02 Å². The van der Waals surface area contributed by atoms with Crippen LogP contribution in [0.3, 0.4) is 0 Å². The fourth-order valence-electron chi connectivity index (χ4n) is 1.43. The van der Waals surface area contributed by atoms with Crippen LogP contribution in [-0.4, -0.2) is 16.2 Å². The van der Waals surface area contributed by atoms with E-state index in [0.29, 0.717) is 15.8 Å². The number of carbonyl (C=O) groups is 1. The first-order chi connectivity index (χ1) is 7.08. The summed E-state index contributed by atoms with van der Waals surface area (Å²) in [5.74, 6) is -0.934. The van der Waals surface area contributed by atoms with Gasteiger partial charge in [0.15, 0.2) is 0 Å². The van der Waals surface area contributed by atoms with Gasteiger partial charge in [0, 0.05) is 5.39 Å². The lowest BCUT2D eigenvalue weighted by atomic mass is 10.1. The van der Waals surface area contributed by atoms with Gasteiger partial charge in [0.2, 0.25) is 0 Å². The van der Waals surface area contributed by atoms with Gasteiger partial charge in [-0.3, -0.25) is 0 Å². The summed E-state index contributed by atoms with van der Waals surface area (Å²) in [5.41, 5.74) is 0.176. The van der Waals surface area contributed by atoms with Gasteiger partial charge >= 0.3 is 5.97 Å². The second kappa shape index (κ2) is 3.44. The van der Waals surface area contributed by atoms with Crippen LogP contribution in [0.15, 0.2) is 30.3 Å². The Hall–Kier alpha value is -1.74. The van der Waals surface area contributed by atoms with Crippen molar-refractivity contribution in [2.75, 3.05) is 0 Å². The Morgan fingerprint density at radius 3 is 2.60 bits per heavy atom. The Kier molecular flexibility index (Phi) is 2.25. The van der Waals surface area contributed by atoms with Gasteiger partial charge in [-0.25, -0.2) is 4.79 Å². The number of hydrogen-bond acceptors (Lipinski definition) is 2. The van der Waals surface area contributed by atoms with Crippen LogP contribution in [0, 0.1) is 0 Å². The van der Waals surface area contributed by atoms with Crippen molar-refractivity contribution < 1.29 is 15.0 Å². The molecule has 15 heavy (non-hydrogen) atoms. The molecule has 0 aliphatic rings. The molecular weight excluding hydrogens is 216 g/mol. The fourth-order valence-corrected chi connectivity index (χ4v) is 1.71. The maximum atomic E-state index is 10.7. The van der Waals surface area contributed by atoms with E-state index < -0.39 is 5.97 Å². The van der Waals surface area contributed by atoms with Gasteiger partial charge < -0.3 is 10.2 Å². The molecule has 2 aromatic carbocycles. The molecule has 2 N–H and O–H groups in total. The normalized spacial score (nSPS) is 10.5. The average molecular weight is 223 g/mol. The summed E-state index contributed by atoms with van der Waals surface area (Å²) in [5, 5.41) is 19.8. The molecule has 2 rings (SSSR count). The van der Waals surface area contributed by atoms with Crippen molar-refractivity contribution in [3.05, 3.63) is 40.9 Å². The molecule has 0 bridgehead atoms. The third-order valence-corrected chi connectivity index (χ3v) is 2.45. The van der Waals surface area contributed by atoms with Crippen molar-refractivity contribution in [1.29, 1.82) is 0 Å². The second-order valence-corrected chi connectivity index (χ2v) is 3.58. The highest BCUT2D eigenvalue weighted by atomic mass is 35.5. The third-order valence-electron chi connectivity index (χ3n) is 2.14. The summed E-state index contributed by atoms with van der Waals surface area (Å²) in [6.45, 7) is 0. The van der Waals surface area contributed by atoms with E-state index in [1.54, 1.807) is 6.07 Å². The number of phenolic OH excluding ortho intramolecular Hbond substituents is 1. The van der Waals surface area contributed by atoms with Crippen LogP contribution in [0.4, 0.5) is 0 Å². The van der Waals surface area contributed by atoms with Crippen molar-refractivity contribution in [2.45, 2.75) is 0 Å². The van der Waals surface area contributed by atoms with Gasteiger partial charge in [-0.1, -0.05) is 17.7 Å². The minimum Gasteiger partial charge on any atom is -0.508 e. The number of benzene rings is 2. The maximum absolute atomic E-state index is 10.7. The van der Waals surface area contributed by atoms with Crippen molar-refractivity contribution >= 4 is 28.3 Å². The molecule has 0 spiro atoms. The number of carboxylic acids is 1. The SMILES string of the molecule is O=C(O)c1ccc2cc(O)cc(Cl)c2c1. The van der Waals surface area contributed by atoms with E-state index in [1.165, 1.54) is 24.3 Å². The van der Waals surface area contributed by atoms with Gasteiger partial charge in [0.1, 0.15) is 5.75 Å². The highest BCUT2D eigenvalue weighted by molar-refractivity contribution is 6.35. The number of fused-ring (bicyclic) bond motifs is 1. The average Bonchev–Trinajstić information content (AvgIpc) is 2.16. The van der Waals surface area contributed by atoms with Crippen molar-refractivity contribution in [3.8, 4) is 5.75 Å². The zero-order valence-corrected chi connectivity index (χ0v) is 8.32. The van der Waals surface area contributed by atoms with Crippen LogP contribution in [-0.2, 0) is 0 Å². The van der Waals surface area contributed by atoms with E-state index in [-0.39, 0.29) is 11.3 Å². The minimum absolute atomic E-state index is 0.0653. The zero-order chi connectivity index (χ0) is 11.0. The number of carboxylic acid groups (broad SMARTS) is 1. The Morgan fingerprint density at radius 2 is 1.93 bits per heavy atom. The van der Waals surface area contributed by atoms with Gasteiger partial charge in [-0.15, -0.1) is 0 Å². The predicted molar refractivity (Wildman–Crippen MR) is 57.6 cm³/mol. The van der Waals surface area contributed by atoms with E-state index in [1.807, 2.05) is 0 Å². The number of aromatic carboxylic acids is 1. The molecule has 0 saturated heterocycles. The van der Waals surface area contributed by atoms with Gasteiger partial charge in [-0.2, -0.15) is 0 Å². The van der Waals surface area contributed by atoms with E-state index in [9.17, 15) is 9.90 Å². The topological polar surface area (TPSA) is 57.5 Å². The zero-order valence-electron chi connectivity index (χ0n) is 7.57. The number of rotatable bonds is 1. The van der Waals surface area contributed by atoms with Crippen molar-refractivity contribution in [2.24, 2.45) is 0 Å². The summed E-state index contributed by atoms with van der Waals surface area (Å²) < 4.78 is 0. The van der Waals surface area contributed by atoms with Gasteiger partial charge in [-0.05, 0) is 29.7 Å². The molecule has 0 heterocycles. The predicted octanol–water partition coefficient (Wildman–Crippen LogP) is 2.90. The third kappa shape index (κ3) is 1.74. The molecule has 0 atom stereocenters. The van der Waals surface area contributed by atoms with Gasteiger partial charge in [0.05, 0.1) is 10.6 Å². The lowest BCUT2D eigenvalue weighted by molar-refractivity contribution is 0.0697. The highest BCUT2D eigenvalue weighted by Gasteiger charge is 2.06. The van der Waals surface area contributed by atoms with Crippen molar-refractivity contribution in [3.63, 3.8) is 0 Å². The molecule has 0 aromatic heterocycles. The molecule has 0 unspecified atom stereocenters. The van der Waals surface area contributed by atoms with Crippen LogP contribution in [0.25, 0.3) is 10.8 Å². The maximum Gasteiger partial charge on any atom is 0.335 e. The summed E-state index contributed by atoms with van der Waals surface area (Å²) >= 11 is 5.89. The lowest BCUT2D eigenvalue weighted by Gasteiger charge is -2.03. The fraction of sp³-hybridized carbons (Fsp3) is 0. The van der Waals surface area contributed by atoms with Gasteiger partial charge in [0.25, 0.3) is 0 Å². The standard InChI is InChI=1S/C11H7ClO3/c12-10-5-8(13)3-6-1-2-7(11(14)15)4-9(6)10/h1-5,13H,(H,14,15). The lowest BCUT2D eigenvalue weighted by Crippen LogP contribution is -1.95. The summed E-state index contributed by atoms with van der Waals surface area (Å²) in [4.78, 5) is 10.7. The number of halogens is 1. The van der Waals surface area contributed by atoms with Crippen molar-refractivity contribution in [1.82, 2.24) is 0 Å². The summed E-state index contributed by atoms with van der Waals surface area (Å²) in [7, 11) is 0. The first-order valence-electron chi connectivity index (χ1n) is 4.23. The second-order valence-electron chi connectivity index (χ2n) is 3.17. The smallest absolute Gasteiger partial charge is 0.335 e. The Morgan fingerprint density at radius 1 is 1.20 bits per heavy atom. The molecule has 4 heteroatoms. The largest absolute Gasteiger partial charge is 0.508 e. The monoisotopic (exact) mass is 222 g/mol. The molecule has 0 fully saturated rings. The molecule has 0 radical (unpaired) electrons. The van der Waals surface area contributed by atoms with E-state index in [2.05, 4.69) is 0 Å². The van der Waals surface area contributed by atoms with E-state index in [4.69, 9.17) is 16.7 Å². The Balaban J connectivity index is 2.76. The Labute approximate surface area is 90.5 Å². The first kappa shape index (κ1) is 9.80. The summed E-state index contributed by atoms with van der Waals surface area (Å²) in [6, 6.07) is 7.49. The first-order valence-corrected chi connectivity index (χ1v) is 4.61. The van der Waals surface area contributed by atoms with Crippen LogP contribution in [0.1, 0.15) is 10.4 Å². The van der Waals surface area contributed by atoms with E-state index >= 15 is 0 Å². The molecule has 3 nitrogen and oxygen atoms in total. The van der Waals surface area contributed by atoms with Crippen LogP contribution >= 0.6 is 11.6 Å². The summed E-state index contributed by atoms with van der Waals surface area (Å²) in [6.07, 6.45) is 0. The minimum atomic E-state index is -0.999. The Bertz CT molecular complexity index is 549. The molecule has 2 aromatic rings. The number of hydrogen-bond donors (Lipinski definition) is 2. The molecule has 76 valence electrons. The molecule has 0 aliphatic heterocycles. The van der Waals surface area contributed by atoms with Crippen LogP contribution < -0.4 is 0 Å². The molecule has 0 amide bonds. The number of aromatic hydroxyl groups is 1. The molecule has 0 aliphatic carbocycles. The quantitative estimate of drug-likeness (QED) is 0.780.